The zero-order chi connectivity index (χ0) is 10.7. The van der Waals surface area contributed by atoms with Gasteiger partial charge in [0.25, 0.3) is 0 Å². The second-order valence-corrected chi connectivity index (χ2v) is 4.13. The molecule has 0 radical (unpaired) electrons. The number of hydrogen-bond donors (Lipinski definition) is 1. The molecule has 1 fully saturated rings. The summed E-state index contributed by atoms with van der Waals surface area (Å²) in [6.07, 6.45) is 3.29. The topological polar surface area (TPSA) is 42.4 Å². The van der Waals surface area contributed by atoms with E-state index < -0.39 is 0 Å². The van der Waals surface area contributed by atoms with Crippen molar-refractivity contribution in [3.05, 3.63) is 29.6 Å². The minimum absolute atomic E-state index is 0.334. The van der Waals surface area contributed by atoms with Gasteiger partial charge in [-0.1, -0.05) is 0 Å². The first-order valence-electron chi connectivity index (χ1n) is 5.46. The third-order valence-corrected chi connectivity index (χ3v) is 2.97. The van der Waals surface area contributed by atoms with Gasteiger partial charge >= 0.3 is 0 Å². The minimum atomic E-state index is -0.365. The Hall–Kier alpha value is -0.930. The van der Waals surface area contributed by atoms with Crippen molar-refractivity contribution in [1.29, 1.82) is 0 Å². The van der Waals surface area contributed by atoms with Crippen LogP contribution in [0.4, 0.5) is 0 Å². The van der Waals surface area contributed by atoms with Crippen LogP contribution < -0.4 is 0 Å². The highest BCUT2D eigenvalue weighted by Crippen LogP contribution is 2.29. The van der Waals surface area contributed by atoms with Gasteiger partial charge in [-0.05, 0) is 43.4 Å². The van der Waals surface area contributed by atoms with Crippen molar-refractivity contribution in [2.45, 2.75) is 25.9 Å². The van der Waals surface area contributed by atoms with E-state index in [2.05, 4.69) is 4.98 Å². The van der Waals surface area contributed by atoms with Gasteiger partial charge in [0, 0.05) is 25.1 Å². The van der Waals surface area contributed by atoms with E-state index in [-0.39, 0.29) is 6.10 Å². The van der Waals surface area contributed by atoms with Gasteiger partial charge in [0.05, 0.1) is 6.10 Å². The van der Waals surface area contributed by atoms with Crippen LogP contribution >= 0.6 is 0 Å². The number of aromatic nitrogens is 1. The molecular formula is C12H17NO2. The first kappa shape index (κ1) is 10.6. The minimum Gasteiger partial charge on any atom is -0.388 e. The Morgan fingerprint density at radius 3 is 2.87 bits per heavy atom. The van der Waals surface area contributed by atoms with Crippen LogP contribution in [-0.2, 0) is 4.74 Å². The smallest absolute Gasteiger partial charge is 0.0821 e. The fourth-order valence-corrected chi connectivity index (χ4v) is 2.06. The number of nitrogens with zero attached hydrogens (tertiary/aromatic N) is 1. The molecule has 1 aliphatic heterocycles. The second kappa shape index (κ2) is 4.73. The normalized spacial score (nSPS) is 20.1. The molecule has 1 unspecified atom stereocenters. The molecule has 0 amide bonds. The van der Waals surface area contributed by atoms with Gasteiger partial charge in [0.1, 0.15) is 0 Å². The van der Waals surface area contributed by atoms with Gasteiger partial charge in [0.15, 0.2) is 0 Å². The predicted molar refractivity (Wildman–Crippen MR) is 57.5 cm³/mol. The Morgan fingerprint density at radius 2 is 2.20 bits per heavy atom. The lowest BCUT2D eigenvalue weighted by atomic mass is 9.89. The van der Waals surface area contributed by atoms with Crippen molar-refractivity contribution in [1.82, 2.24) is 4.98 Å². The van der Waals surface area contributed by atoms with Crippen molar-refractivity contribution < 1.29 is 9.84 Å². The summed E-state index contributed by atoms with van der Waals surface area (Å²) in [7, 11) is 0. The molecule has 2 heterocycles. The molecule has 1 saturated heterocycles. The molecular weight excluding hydrogens is 190 g/mol. The lowest BCUT2D eigenvalue weighted by molar-refractivity contribution is 0.00714. The zero-order valence-electron chi connectivity index (χ0n) is 9.02. The number of hydrogen-bond acceptors (Lipinski definition) is 3. The molecule has 0 bridgehead atoms. The van der Waals surface area contributed by atoms with E-state index in [1.165, 1.54) is 0 Å². The van der Waals surface area contributed by atoms with Gasteiger partial charge in [0.2, 0.25) is 0 Å². The Labute approximate surface area is 90.1 Å². The molecule has 3 heteroatoms. The summed E-state index contributed by atoms with van der Waals surface area (Å²) >= 11 is 0. The number of aryl methyl sites for hydroxylation is 1. The summed E-state index contributed by atoms with van der Waals surface area (Å²) in [5, 5.41) is 10.2. The lowest BCUT2D eigenvalue weighted by Crippen LogP contribution is -2.22. The van der Waals surface area contributed by atoms with E-state index >= 15 is 0 Å². The third kappa shape index (κ3) is 2.55. The van der Waals surface area contributed by atoms with Gasteiger partial charge in [-0.2, -0.15) is 0 Å². The maximum atomic E-state index is 10.2. The van der Waals surface area contributed by atoms with Crippen molar-refractivity contribution in [2.24, 2.45) is 5.92 Å². The van der Waals surface area contributed by atoms with Gasteiger partial charge in [-0.3, -0.25) is 4.98 Å². The SMILES string of the molecule is Cc1cc(C(O)C2CCOCC2)ccn1. The average Bonchev–Trinajstić information content (AvgIpc) is 2.29. The Bertz CT molecular complexity index is 321. The van der Waals surface area contributed by atoms with Crippen molar-refractivity contribution in [3.63, 3.8) is 0 Å². The first-order valence-corrected chi connectivity index (χ1v) is 5.46. The molecule has 0 aromatic carbocycles. The summed E-state index contributed by atoms with van der Waals surface area (Å²) in [5.41, 5.74) is 1.94. The maximum Gasteiger partial charge on any atom is 0.0821 e. The molecule has 0 spiro atoms. The van der Waals surface area contributed by atoms with E-state index in [1.807, 2.05) is 19.1 Å². The van der Waals surface area contributed by atoms with Crippen LogP contribution in [0.1, 0.15) is 30.2 Å². The number of rotatable bonds is 2. The summed E-state index contributed by atoms with van der Waals surface area (Å²) in [4.78, 5) is 4.13. The van der Waals surface area contributed by atoms with Gasteiger partial charge in [-0.15, -0.1) is 0 Å². The van der Waals surface area contributed by atoms with Gasteiger partial charge < -0.3 is 9.84 Å². The molecule has 0 aliphatic carbocycles. The second-order valence-electron chi connectivity index (χ2n) is 4.13. The quantitative estimate of drug-likeness (QED) is 0.804. The van der Waals surface area contributed by atoms with E-state index in [0.29, 0.717) is 5.92 Å². The summed E-state index contributed by atoms with van der Waals surface area (Å²) in [5.74, 6) is 0.334. The number of ether oxygens (including phenoxy) is 1. The highest BCUT2D eigenvalue weighted by atomic mass is 16.5. The zero-order valence-corrected chi connectivity index (χ0v) is 9.02. The Balaban J connectivity index is 2.08. The molecule has 1 N–H and O–H groups in total. The predicted octanol–water partition coefficient (Wildman–Crippen LogP) is 1.85. The molecule has 3 nitrogen and oxygen atoms in total. The fraction of sp³-hybridized carbons (Fsp3) is 0.583. The molecule has 1 aromatic rings. The first-order chi connectivity index (χ1) is 7.27. The van der Waals surface area contributed by atoms with E-state index in [4.69, 9.17) is 4.74 Å². The van der Waals surface area contributed by atoms with Crippen molar-refractivity contribution >= 4 is 0 Å². The van der Waals surface area contributed by atoms with Crippen LogP contribution in [0.2, 0.25) is 0 Å². The van der Waals surface area contributed by atoms with Crippen LogP contribution in [0, 0.1) is 12.8 Å². The molecule has 1 aromatic heterocycles. The Morgan fingerprint density at radius 1 is 1.47 bits per heavy atom. The molecule has 82 valence electrons. The van der Waals surface area contributed by atoms with Crippen LogP contribution in [0.15, 0.2) is 18.3 Å². The third-order valence-electron chi connectivity index (χ3n) is 2.97. The summed E-state index contributed by atoms with van der Waals surface area (Å²) in [6.45, 7) is 3.48. The highest BCUT2D eigenvalue weighted by molar-refractivity contribution is 5.18. The average molecular weight is 207 g/mol. The van der Waals surface area contributed by atoms with Gasteiger partial charge in [-0.25, -0.2) is 0 Å². The number of aliphatic hydroxyl groups is 1. The highest BCUT2D eigenvalue weighted by Gasteiger charge is 2.23. The van der Waals surface area contributed by atoms with Crippen LogP contribution in [0.5, 0.6) is 0 Å². The fourth-order valence-electron chi connectivity index (χ4n) is 2.06. The monoisotopic (exact) mass is 207 g/mol. The molecule has 2 rings (SSSR count). The van der Waals surface area contributed by atoms with Crippen molar-refractivity contribution in [2.75, 3.05) is 13.2 Å². The number of aliphatic hydroxyl groups excluding tert-OH is 1. The van der Waals surface area contributed by atoms with Crippen molar-refractivity contribution in [3.8, 4) is 0 Å². The van der Waals surface area contributed by atoms with Crippen LogP contribution in [0.25, 0.3) is 0 Å². The number of pyridine rings is 1. The van der Waals surface area contributed by atoms with E-state index in [0.717, 1.165) is 37.3 Å². The summed E-state index contributed by atoms with van der Waals surface area (Å²) in [6, 6.07) is 3.85. The molecule has 0 saturated carbocycles. The lowest BCUT2D eigenvalue weighted by Gasteiger charge is -2.27. The molecule has 1 aliphatic rings. The van der Waals surface area contributed by atoms with E-state index in [9.17, 15) is 5.11 Å². The van der Waals surface area contributed by atoms with Crippen LogP contribution in [-0.4, -0.2) is 23.3 Å². The largest absolute Gasteiger partial charge is 0.388 e. The van der Waals surface area contributed by atoms with E-state index in [1.54, 1.807) is 6.20 Å². The maximum absolute atomic E-state index is 10.2. The summed E-state index contributed by atoms with van der Waals surface area (Å²) < 4.78 is 5.29. The van der Waals surface area contributed by atoms with Crippen LogP contribution in [0.3, 0.4) is 0 Å². The molecule has 1 atom stereocenters. The molecule has 15 heavy (non-hydrogen) atoms. The Kier molecular flexibility index (Phi) is 3.34. The standard InChI is InChI=1S/C12H17NO2/c1-9-8-11(2-5-13-9)12(14)10-3-6-15-7-4-10/h2,5,8,10,12,14H,3-4,6-7H2,1H3.